The van der Waals surface area contributed by atoms with E-state index in [1.807, 2.05) is 13.4 Å². The minimum Gasteiger partial charge on any atom is -0.337 e. The zero-order valence-corrected chi connectivity index (χ0v) is 9.43. The van der Waals surface area contributed by atoms with Crippen LogP contribution >= 0.6 is 15.9 Å². The van der Waals surface area contributed by atoms with Crippen molar-refractivity contribution in [3.8, 4) is 0 Å². The summed E-state index contributed by atoms with van der Waals surface area (Å²) in [6.45, 7) is 4.48. The van der Waals surface area contributed by atoms with Gasteiger partial charge >= 0.3 is 0 Å². The highest BCUT2D eigenvalue weighted by Crippen LogP contribution is 2.17. The average molecular weight is 231 g/mol. The lowest BCUT2D eigenvalue weighted by Gasteiger charge is -2.05. The van der Waals surface area contributed by atoms with Gasteiger partial charge in [-0.25, -0.2) is 4.98 Å². The van der Waals surface area contributed by atoms with E-state index in [2.05, 4.69) is 39.3 Å². The Morgan fingerprint density at radius 1 is 1.58 bits per heavy atom. The second kappa shape index (κ2) is 4.08. The van der Waals surface area contributed by atoms with Gasteiger partial charge in [0, 0.05) is 7.05 Å². The van der Waals surface area contributed by atoms with Gasteiger partial charge in [-0.15, -0.1) is 0 Å². The van der Waals surface area contributed by atoms with Crippen molar-refractivity contribution in [2.45, 2.75) is 26.7 Å². The van der Waals surface area contributed by atoms with Crippen LogP contribution < -0.4 is 0 Å². The lowest BCUT2D eigenvalue weighted by Crippen LogP contribution is -1.98. The van der Waals surface area contributed by atoms with Crippen LogP contribution in [0.1, 0.15) is 26.0 Å². The second-order valence-corrected chi connectivity index (χ2v) is 4.28. The summed E-state index contributed by atoms with van der Waals surface area (Å²) < 4.78 is 3.07. The van der Waals surface area contributed by atoms with Crippen molar-refractivity contribution in [1.29, 1.82) is 0 Å². The van der Waals surface area contributed by atoms with Crippen molar-refractivity contribution in [3.63, 3.8) is 0 Å². The highest BCUT2D eigenvalue weighted by molar-refractivity contribution is 9.10. The zero-order valence-electron chi connectivity index (χ0n) is 7.84. The van der Waals surface area contributed by atoms with E-state index in [0.717, 1.165) is 16.9 Å². The highest BCUT2D eigenvalue weighted by Gasteiger charge is 2.05. The molecule has 1 rings (SSSR count). The van der Waals surface area contributed by atoms with Crippen LogP contribution in [0.4, 0.5) is 0 Å². The maximum Gasteiger partial charge on any atom is 0.127 e. The molecule has 0 saturated heterocycles. The molecular formula is C9H15BrN2. The third-order valence-corrected chi connectivity index (χ3v) is 2.63. The number of halogens is 1. The monoisotopic (exact) mass is 230 g/mol. The molecule has 0 atom stereocenters. The number of aryl methyl sites for hydroxylation is 1. The number of hydrogen-bond donors (Lipinski definition) is 0. The van der Waals surface area contributed by atoms with Crippen LogP contribution in [0.5, 0.6) is 0 Å². The second-order valence-electron chi connectivity index (χ2n) is 3.53. The van der Waals surface area contributed by atoms with Gasteiger partial charge in [0.1, 0.15) is 4.60 Å². The number of hydrogen-bond acceptors (Lipinski definition) is 1. The van der Waals surface area contributed by atoms with Crippen molar-refractivity contribution >= 4 is 15.9 Å². The van der Waals surface area contributed by atoms with Gasteiger partial charge in [-0.1, -0.05) is 13.8 Å². The van der Waals surface area contributed by atoms with Crippen LogP contribution in [-0.2, 0) is 13.5 Å². The lowest BCUT2D eigenvalue weighted by atomic mass is 10.1. The first-order valence-electron chi connectivity index (χ1n) is 4.27. The van der Waals surface area contributed by atoms with E-state index in [1.54, 1.807) is 0 Å². The van der Waals surface area contributed by atoms with Gasteiger partial charge in [0.15, 0.2) is 0 Å². The van der Waals surface area contributed by atoms with Gasteiger partial charge in [0.2, 0.25) is 0 Å². The van der Waals surface area contributed by atoms with Crippen LogP contribution in [0.3, 0.4) is 0 Å². The maximum atomic E-state index is 4.17. The van der Waals surface area contributed by atoms with Crippen molar-refractivity contribution in [2.24, 2.45) is 13.0 Å². The van der Waals surface area contributed by atoms with Gasteiger partial charge < -0.3 is 4.57 Å². The molecule has 0 amide bonds. The summed E-state index contributed by atoms with van der Waals surface area (Å²) in [7, 11) is 2.04. The van der Waals surface area contributed by atoms with Crippen molar-refractivity contribution in [2.75, 3.05) is 0 Å². The molecule has 0 spiro atoms. The maximum absolute atomic E-state index is 4.17. The Labute approximate surface area is 82.1 Å². The Bertz CT molecular complexity index is 234. The molecule has 3 heteroatoms. The summed E-state index contributed by atoms with van der Waals surface area (Å²) in [4.78, 5) is 4.17. The van der Waals surface area contributed by atoms with Gasteiger partial charge in [0.05, 0.1) is 12.0 Å². The molecule has 0 saturated carbocycles. The average Bonchev–Trinajstić information content (AvgIpc) is 2.28. The standard InChI is InChI=1S/C9H15BrN2/c1-7(2)4-5-8-9(10)11-6-12(8)3/h6-7H,4-5H2,1-3H3. The molecule has 12 heavy (non-hydrogen) atoms. The normalized spacial score (nSPS) is 11.1. The molecule has 0 aromatic carbocycles. The lowest BCUT2D eigenvalue weighted by molar-refractivity contribution is 0.572. The van der Waals surface area contributed by atoms with Crippen LogP contribution in [0, 0.1) is 5.92 Å². The summed E-state index contributed by atoms with van der Waals surface area (Å²) >= 11 is 3.44. The van der Waals surface area contributed by atoms with E-state index in [1.165, 1.54) is 12.1 Å². The first kappa shape index (κ1) is 9.78. The quantitative estimate of drug-likeness (QED) is 0.782. The fraction of sp³-hybridized carbons (Fsp3) is 0.667. The Balaban J connectivity index is 2.62. The molecule has 0 fully saturated rings. The van der Waals surface area contributed by atoms with Crippen LogP contribution in [0.2, 0.25) is 0 Å². The van der Waals surface area contributed by atoms with E-state index in [0.29, 0.717) is 0 Å². The molecule has 1 heterocycles. The third-order valence-electron chi connectivity index (χ3n) is 1.97. The highest BCUT2D eigenvalue weighted by atomic mass is 79.9. The molecule has 68 valence electrons. The topological polar surface area (TPSA) is 17.8 Å². The van der Waals surface area contributed by atoms with E-state index >= 15 is 0 Å². The molecule has 0 aliphatic heterocycles. The largest absolute Gasteiger partial charge is 0.337 e. The summed E-state index contributed by atoms with van der Waals surface area (Å²) in [6.07, 6.45) is 4.17. The summed E-state index contributed by atoms with van der Waals surface area (Å²) in [5, 5.41) is 0. The third kappa shape index (κ3) is 2.34. The predicted octanol–water partition coefficient (Wildman–Crippen LogP) is 2.77. The van der Waals surface area contributed by atoms with Crippen LogP contribution in [-0.4, -0.2) is 9.55 Å². The van der Waals surface area contributed by atoms with Gasteiger partial charge in [-0.3, -0.25) is 0 Å². The Kier molecular flexibility index (Phi) is 3.32. The molecule has 1 aromatic heterocycles. The van der Waals surface area contributed by atoms with E-state index in [4.69, 9.17) is 0 Å². The van der Waals surface area contributed by atoms with Crippen LogP contribution in [0.15, 0.2) is 10.9 Å². The van der Waals surface area contributed by atoms with Crippen LogP contribution in [0.25, 0.3) is 0 Å². The number of imidazole rings is 1. The molecule has 0 aliphatic carbocycles. The van der Waals surface area contributed by atoms with Crippen molar-refractivity contribution < 1.29 is 0 Å². The number of aromatic nitrogens is 2. The first-order chi connectivity index (χ1) is 5.61. The summed E-state index contributed by atoms with van der Waals surface area (Å²) in [5.74, 6) is 0.756. The van der Waals surface area contributed by atoms with Gasteiger partial charge in [-0.05, 0) is 34.7 Å². The minimum atomic E-state index is 0.756. The molecular weight excluding hydrogens is 216 g/mol. The van der Waals surface area contributed by atoms with Gasteiger partial charge in [0.25, 0.3) is 0 Å². The Hall–Kier alpha value is -0.310. The summed E-state index contributed by atoms with van der Waals surface area (Å²) in [5.41, 5.74) is 1.30. The fourth-order valence-electron chi connectivity index (χ4n) is 1.13. The molecule has 1 aromatic rings. The SMILES string of the molecule is CC(C)CCc1c(Br)ncn1C. The molecule has 0 bridgehead atoms. The Morgan fingerprint density at radius 2 is 2.25 bits per heavy atom. The predicted molar refractivity (Wildman–Crippen MR) is 54.1 cm³/mol. The van der Waals surface area contributed by atoms with E-state index in [9.17, 15) is 0 Å². The van der Waals surface area contributed by atoms with Gasteiger partial charge in [-0.2, -0.15) is 0 Å². The smallest absolute Gasteiger partial charge is 0.127 e. The number of rotatable bonds is 3. The van der Waals surface area contributed by atoms with Crippen molar-refractivity contribution in [1.82, 2.24) is 9.55 Å². The summed E-state index contributed by atoms with van der Waals surface area (Å²) in [6, 6.07) is 0. The van der Waals surface area contributed by atoms with Crippen molar-refractivity contribution in [3.05, 3.63) is 16.6 Å². The molecule has 0 N–H and O–H groups in total. The fourth-order valence-corrected chi connectivity index (χ4v) is 1.70. The first-order valence-corrected chi connectivity index (χ1v) is 5.06. The molecule has 0 unspecified atom stereocenters. The van der Waals surface area contributed by atoms with E-state index in [-0.39, 0.29) is 0 Å². The number of nitrogens with zero attached hydrogens (tertiary/aromatic N) is 2. The molecule has 2 nitrogen and oxygen atoms in total. The minimum absolute atomic E-state index is 0.756. The zero-order chi connectivity index (χ0) is 9.14. The molecule has 0 radical (unpaired) electrons. The Morgan fingerprint density at radius 3 is 2.67 bits per heavy atom. The van der Waals surface area contributed by atoms with E-state index < -0.39 is 0 Å². The molecule has 0 aliphatic rings.